The monoisotopic (exact) mass is 274 g/mol. The lowest BCUT2D eigenvalue weighted by molar-refractivity contribution is -0.137. The van der Waals surface area contributed by atoms with Crippen LogP contribution in [0.2, 0.25) is 0 Å². The van der Waals surface area contributed by atoms with Gasteiger partial charge in [0, 0.05) is 12.2 Å². The number of nitrogens with zero attached hydrogens (tertiary/aromatic N) is 1. The lowest BCUT2D eigenvalue weighted by Crippen LogP contribution is -2.52. The molecular weight excluding hydrogens is 252 g/mol. The maximum atomic E-state index is 12.7. The van der Waals surface area contributed by atoms with Gasteiger partial charge in [-0.05, 0) is 43.7 Å². The molecule has 1 saturated heterocycles. The van der Waals surface area contributed by atoms with Crippen LogP contribution in [-0.4, -0.2) is 41.1 Å². The van der Waals surface area contributed by atoms with Crippen molar-refractivity contribution in [3.05, 3.63) is 29.8 Å². The number of nitrogens with one attached hydrogen (secondary N) is 1. The highest BCUT2D eigenvalue weighted by Crippen LogP contribution is 2.26. The van der Waals surface area contributed by atoms with E-state index in [1.165, 1.54) is 5.56 Å². The van der Waals surface area contributed by atoms with Crippen LogP contribution in [0.3, 0.4) is 0 Å². The molecule has 2 N–H and O–H groups in total. The van der Waals surface area contributed by atoms with Crippen molar-refractivity contribution in [2.24, 2.45) is 0 Å². The molecule has 108 valence electrons. The molecule has 20 heavy (non-hydrogen) atoms. The number of amides is 1. The van der Waals surface area contributed by atoms with Gasteiger partial charge in [0.25, 0.3) is 0 Å². The fraction of sp³-hybridized carbons (Fsp3) is 0.562. The summed E-state index contributed by atoms with van der Waals surface area (Å²) in [5.41, 5.74) is 2.36. The number of carbonyl (C=O) groups is 1. The Morgan fingerprint density at radius 1 is 1.30 bits per heavy atom. The van der Waals surface area contributed by atoms with Crippen molar-refractivity contribution in [3.8, 4) is 0 Å². The van der Waals surface area contributed by atoms with E-state index in [4.69, 9.17) is 0 Å². The SMILES string of the molecule is O=C(C1CCc2ccccc2N1)N1CCCCC1CO. The minimum atomic E-state index is -0.142. The van der Waals surface area contributed by atoms with E-state index >= 15 is 0 Å². The first kappa shape index (κ1) is 13.4. The zero-order valence-electron chi connectivity index (χ0n) is 11.7. The molecule has 1 fully saturated rings. The number of para-hydroxylation sites is 1. The van der Waals surface area contributed by atoms with Crippen molar-refractivity contribution >= 4 is 11.6 Å². The van der Waals surface area contributed by atoms with Crippen LogP contribution in [0, 0.1) is 0 Å². The molecule has 2 heterocycles. The number of rotatable bonds is 2. The zero-order chi connectivity index (χ0) is 13.9. The van der Waals surface area contributed by atoms with Gasteiger partial charge >= 0.3 is 0 Å². The Balaban J connectivity index is 1.72. The van der Waals surface area contributed by atoms with E-state index in [1.54, 1.807) is 0 Å². The van der Waals surface area contributed by atoms with Gasteiger partial charge in [0.1, 0.15) is 6.04 Å². The predicted molar refractivity (Wildman–Crippen MR) is 78.6 cm³/mol. The molecule has 1 amide bonds. The third-order valence-electron chi connectivity index (χ3n) is 4.47. The number of piperidine rings is 1. The molecule has 0 radical (unpaired) electrons. The molecule has 0 spiro atoms. The van der Waals surface area contributed by atoms with Gasteiger partial charge in [-0.2, -0.15) is 0 Å². The molecule has 2 aliphatic rings. The van der Waals surface area contributed by atoms with Crippen LogP contribution in [0.25, 0.3) is 0 Å². The van der Waals surface area contributed by atoms with Crippen LogP contribution in [-0.2, 0) is 11.2 Å². The number of fused-ring (bicyclic) bond motifs is 1. The molecule has 3 rings (SSSR count). The van der Waals surface area contributed by atoms with E-state index in [9.17, 15) is 9.90 Å². The summed E-state index contributed by atoms with van der Waals surface area (Å²) in [7, 11) is 0. The molecule has 1 aromatic carbocycles. The number of aliphatic hydroxyl groups excluding tert-OH is 1. The van der Waals surface area contributed by atoms with E-state index in [2.05, 4.69) is 11.4 Å². The molecule has 4 heteroatoms. The number of aryl methyl sites for hydroxylation is 1. The number of benzene rings is 1. The van der Waals surface area contributed by atoms with Crippen molar-refractivity contribution in [1.82, 2.24) is 4.90 Å². The van der Waals surface area contributed by atoms with Crippen molar-refractivity contribution in [3.63, 3.8) is 0 Å². The third-order valence-corrected chi connectivity index (χ3v) is 4.47. The number of aliphatic hydroxyl groups is 1. The molecule has 0 saturated carbocycles. The molecule has 4 nitrogen and oxygen atoms in total. The molecule has 2 aliphatic heterocycles. The van der Waals surface area contributed by atoms with Crippen molar-refractivity contribution < 1.29 is 9.90 Å². The Bertz CT molecular complexity index is 489. The number of hydrogen-bond acceptors (Lipinski definition) is 3. The van der Waals surface area contributed by atoms with Crippen LogP contribution in [0.15, 0.2) is 24.3 Å². The summed E-state index contributed by atoms with van der Waals surface area (Å²) in [6.45, 7) is 0.860. The maximum Gasteiger partial charge on any atom is 0.245 e. The van der Waals surface area contributed by atoms with Crippen LogP contribution in [0.4, 0.5) is 5.69 Å². The van der Waals surface area contributed by atoms with E-state index in [-0.39, 0.29) is 24.6 Å². The van der Waals surface area contributed by atoms with Gasteiger partial charge in [0.05, 0.1) is 12.6 Å². The van der Waals surface area contributed by atoms with Crippen LogP contribution in [0.5, 0.6) is 0 Å². The van der Waals surface area contributed by atoms with Crippen LogP contribution < -0.4 is 5.32 Å². The Hall–Kier alpha value is -1.55. The minimum Gasteiger partial charge on any atom is -0.394 e. The lowest BCUT2D eigenvalue weighted by Gasteiger charge is -2.38. The average Bonchev–Trinajstić information content (AvgIpc) is 2.53. The highest BCUT2D eigenvalue weighted by atomic mass is 16.3. The first-order valence-electron chi connectivity index (χ1n) is 7.55. The first-order chi connectivity index (χ1) is 9.79. The number of hydrogen-bond donors (Lipinski definition) is 2. The topological polar surface area (TPSA) is 52.6 Å². The fourth-order valence-corrected chi connectivity index (χ4v) is 3.30. The standard InChI is InChI=1S/C16H22N2O2/c19-11-13-6-3-4-10-18(13)16(20)15-9-8-12-5-1-2-7-14(12)17-15/h1-2,5,7,13,15,17,19H,3-4,6,8-11H2. The Labute approximate surface area is 119 Å². The fourth-order valence-electron chi connectivity index (χ4n) is 3.30. The van der Waals surface area contributed by atoms with Gasteiger partial charge < -0.3 is 15.3 Å². The van der Waals surface area contributed by atoms with Crippen molar-refractivity contribution in [2.45, 2.75) is 44.2 Å². The summed E-state index contributed by atoms with van der Waals surface area (Å²) in [5, 5.41) is 12.8. The van der Waals surface area contributed by atoms with Gasteiger partial charge in [-0.1, -0.05) is 18.2 Å². The molecule has 2 atom stereocenters. The maximum absolute atomic E-state index is 12.7. The smallest absolute Gasteiger partial charge is 0.245 e. The number of anilines is 1. The molecular formula is C16H22N2O2. The highest BCUT2D eigenvalue weighted by Gasteiger charge is 2.32. The second kappa shape index (κ2) is 5.83. The quantitative estimate of drug-likeness (QED) is 0.864. The molecule has 1 aromatic rings. The van der Waals surface area contributed by atoms with Gasteiger partial charge in [-0.15, -0.1) is 0 Å². The number of carbonyl (C=O) groups excluding carboxylic acids is 1. The zero-order valence-corrected chi connectivity index (χ0v) is 11.7. The van der Waals surface area contributed by atoms with E-state index < -0.39 is 0 Å². The van der Waals surface area contributed by atoms with Crippen LogP contribution >= 0.6 is 0 Å². The lowest BCUT2D eigenvalue weighted by atomic mass is 9.95. The second-order valence-electron chi connectivity index (χ2n) is 5.76. The Morgan fingerprint density at radius 3 is 3.00 bits per heavy atom. The number of likely N-dealkylation sites (tertiary alicyclic amines) is 1. The summed E-state index contributed by atoms with van der Waals surface area (Å²) >= 11 is 0. The molecule has 0 aliphatic carbocycles. The normalized spacial score (nSPS) is 25.8. The largest absolute Gasteiger partial charge is 0.394 e. The summed E-state index contributed by atoms with van der Waals surface area (Å²) in [6, 6.07) is 8.05. The van der Waals surface area contributed by atoms with Gasteiger partial charge in [0.2, 0.25) is 5.91 Å². The van der Waals surface area contributed by atoms with Crippen molar-refractivity contribution in [2.75, 3.05) is 18.5 Å². The van der Waals surface area contributed by atoms with E-state index in [1.807, 2.05) is 23.1 Å². The summed E-state index contributed by atoms with van der Waals surface area (Å²) in [4.78, 5) is 14.6. The Morgan fingerprint density at radius 2 is 2.15 bits per heavy atom. The molecule has 0 bridgehead atoms. The van der Waals surface area contributed by atoms with Crippen molar-refractivity contribution in [1.29, 1.82) is 0 Å². The summed E-state index contributed by atoms with van der Waals surface area (Å²) < 4.78 is 0. The van der Waals surface area contributed by atoms with E-state index in [0.717, 1.165) is 44.3 Å². The van der Waals surface area contributed by atoms with Gasteiger partial charge in [-0.25, -0.2) is 0 Å². The van der Waals surface area contributed by atoms with Crippen LogP contribution in [0.1, 0.15) is 31.2 Å². The third kappa shape index (κ3) is 2.52. The first-order valence-corrected chi connectivity index (χ1v) is 7.55. The van der Waals surface area contributed by atoms with E-state index in [0.29, 0.717) is 0 Å². The second-order valence-corrected chi connectivity index (χ2v) is 5.76. The van der Waals surface area contributed by atoms with Gasteiger partial charge in [0.15, 0.2) is 0 Å². The van der Waals surface area contributed by atoms with Gasteiger partial charge in [-0.3, -0.25) is 4.79 Å². The molecule has 0 aromatic heterocycles. The summed E-state index contributed by atoms with van der Waals surface area (Å²) in [6.07, 6.45) is 4.86. The Kier molecular flexibility index (Phi) is 3.92. The highest BCUT2D eigenvalue weighted by molar-refractivity contribution is 5.86. The summed E-state index contributed by atoms with van der Waals surface area (Å²) in [5.74, 6) is 0.151. The minimum absolute atomic E-state index is 0.00946. The molecule has 2 unspecified atom stereocenters. The predicted octanol–water partition coefficient (Wildman–Crippen LogP) is 1.79. The average molecular weight is 274 g/mol.